The van der Waals surface area contributed by atoms with Crippen molar-refractivity contribution >= 4 is 44.8 Å². The summed E-state index contributed by atoms with van der Waals surface area (Å²) in [4.78, 5) is 21.9. The number of carbonyl (C=O) groups is 1. The van der Waals surface area contributed by atoms with Crippen molar-refractivity contribution in [2.75, 3.05) is 5.32 Å². The van der Waals surface area contributed by atoms with Gasteiger partial charge >= 0.3 is 5.69 Å². The van der Waals surface area contributed by atoms with E-state index in [2.05, 4.69) is 21.2 Å². The van der Waals surface area contributed by atoms with Gasteiger partial charge in [-0.25, -0.2) is 0 Å². The Kier molecular flexibility index (Phi) is 4.54. The van der Waals surface area contributed by atoms with E-state index in [-0.39, 0.29) is 16.3 Å². The molecule has 2 rings (SSSR count). The number of carbonyl (C=O) groups excluding carboxylic acids is 1. The molecule has 2 aromatic rings. The summed E-state index contributed by atoms with van der Waals surface area (Å²) in [5, 5.41) is 13.3. The molecule has 0 aliphatic heterocycles. The normalized spacial score (nSPS) is 10.2. The lowest BCUT2D eigenvalue weighted by molar-refractivity contribution is -0.387. The van der Waals surface area contributed by atoms with Crippen LogP contribution in [0.1, 0.15) is 10.4 Å². The summed E-state index contributed by atoms with van der Waals surface area (Å²) in [5.41, 5.74) is -0.421. The van der Waals surface area contributed by atoms with E-state index < -0.39 is 22.3 Å². The molecule has 1 N–H and O–H groups in total. The van der Waals surface area contributed by atoms with E-state index in [9.17, 15) is 19.3 Å². The summed E-state index contributed by atoms with van der Waals surface area (Å²) in [6.45, 7) is 0. The van der Waals surface area contributed by atoms with Gasteiger partial charge in [-0.3, -0.25) is 14.9 Å². The fraction of sp³-hybridized carbons (Fsp3) is 0. The minimum absolute atomic E-state index is 0.101. The molecule has 2 aromatic carbocycles. The van der Waals surface area contributed by atoms with Crippen LogP contribution >= 0.6 is 27.5 Å². The largest absolute Gasteiger partial charge is 0.322 e. The highest BCUT2D eigenvalue weighted by molar-refractivity contribution is 9.10. The molecular weight excluding hydrogens is 367 g/mol. The maximum Gasteiger partial charge on any atom is 0.306 e. The van der Waals surface area contributed by atoms with Crippen molar-refractivity contribution in [2.24, 2.45) is 0 Å². The van der Waals surface area contributed by atoms with E-state index in [0.29, 0.717) is 4.47 Å². The molecule has 0 spiro atoms. The van der Waals surface area contributed by atoms with Gasteiger partial charge in [-0.2, -0.15) is 4.39 Å². The third kappa shape index (κ3) is 3.37. The van der Waals surface area contributed by atoms with Crippen LogP contribution in [0.25, 0.3) is 0 Å². The number of nitro benzene ring substituents is 1. The van der Waals surface area contributed by atoms with Crippen LogP contribution < -0.4 is 5.32 Å². The molecule has 108 valence electrons. The summed E-state index contributed by atoms with van der Waals surface area (Å²) in [6, 6.07) is 7.88. The molecule has 0 unspecified atom stereocenters. The van der Waals surface area contributed by atoms with Crippen molar-refractivity contribution in [3.8, 4) is 0 Å². The van der Waals surface area contributed by atoms with E-state index in [1.165, 1.54) is 12.1 Å². The molecule has 0 heterocycles. The molecule has 8 heteroatoms. The number of benzene rings is 2. The van der Waals surface area contributed by atoms with Gasteiger partial charge in [0.05, 0.1) is 15.5 Å². The Morgan fingerprint density at radius 2 is 2.05 bits per heavy atom. The Morgan fingerprint density at radius 1 is 1.33 bits per heavy atom. The number of rotatable bonds is 3. The number of hydrogen-bond acceptors (Lipinski definition) is 3. The molecular formula is C13H7BrClFN2O3. The van der Waals surface area contributed by atoms with Crippen LogP contribution in [-0.4, -0.2) is 10.8 Å². The smallest absolute Gasteiger partial charge is 0.306 e. The van der Waals surface area contributed by atoms with Gasteiger partial charge in [-0.15, -0.1) is 0 Å². The Morgan fingerprint density at radius 3 is 2.71 bits per heavy atom. The minimum Gasteiger partial charge on any atom is -0.322 e. The first kappa shape index (κ1) is 15.4. The molecule has 21 heavy (non-hydrogen) atoms. The van der Waals surface area contributed by atoms with E-state index in [0.717, 1.165) is 12.1 Å². The van der Waals surface area contributed by atoms with Crippen LogP contribution in [0, 0.1) is 15.9 Å². The first-order chi connectivity index (χ1) is 9.90. The van der Waals surface area contributed by atoms with Crippen LogP contribution in [0.4, 0.5) is 15.8 Å². The summed E-state index contributed by atoms with van der Waals surface area (Å²) in [6.07, 6.45) is 0. The van der Waals surface area contributed by atoms with Crippen LogP contribution in [0.2, 0.25) is 5.02 Å². The van der Waals surface area contributed by atoms with Crippen molar-refractivity contribution in [2.45, 2.75) is 0 Å². The lowest BCUT2D eigenvalue weighted by atomic mass is 10.2. The van der Waals surface area contributed by atoms with Crippen LogP contribution in [0.5, 0.6) is 0 Å². The van der Waals surface area contributed by atoms with Gasteiger partial charge in [0.25, 0.3) is 5.91 Å². The number of hydrogen-bond donors (Lipinski definition) is 1. The predicted octanol–water partition coefficient (Wildman–Crippen LogP) is 4.40. The molecule has 0 aliphatic carbocycles. The highest BCUT2D eigenvalue weighted by atomic mass is 79.9. The number of nitrogens with one attached hydrogen (secondary N) is 1. The average molecular weight is 374 g/mol. The highest BCUT2D eigenvalue weighted by Crippen LogP contribution is 2.27. The highest BCUT2D eigenvalue weighted by Gasteiger charge is 2.17. The first-order valence-corrected chi connectivity index (χ1v) is 6.76. The van der Waals surface area contributed by atoms with E-state index >= 15 is 0 Å². The lowest BCUT2D eigenvalue weighted by Gasteiger charge is -2.07. The molecule has 0 bridgehead atoms. The lowest BCUT2D eigenvalue weighted by Crippen LogP contribution is -2.13. The summed E-state index contributed by atoms with van der Waals surface area (Å²) in [7, 11) is 0. The summed E-state index contributed by atoms with van der Waals surface area (Å²) in [5.74, 6) is -1.53. The van der Waals surface area contributed by atoms with Gasteiger partial charge in [0, 0.05) is 16.2 Å². The zero-order valence-corrected chi connectivity index (χ0v) is 12.6. The zero-order valence-electron chi connectivity index (χ0n) is 10.3. The van der Waals surface area contributed by atoms with Crippen molar-refractivity contribution in [1.29, 1.82) is 0 Å². The van der Waals surface area contributed by atoms with Gasteiger partial charge in [-0.1, -0.05) is 17.7 Å². The first-order valence-electron chi connectivity index (χ1n) is 5.59. The number of nitro groups is 1. The van der Waals surface area contributed by atoms with E-state index in [1.807, 2.05) is 0 Å². The van der Waals surface area contributed by atoms with Crippen molar-refractivity contribution < 1.29 is 14.1 Å². The van der Waals surface area contributed by atoms with Crippen molar-refractivity contribution in [3.05, 3.63) is 67.4 Å². The molecule has 0 aromatic heterocycles. The Labute approximate surface area is 132 Å². The van der Waals surface area contributed by atoms with Gasteiger partial charge in [0.15, 0.2) is 0 Å². The van der Waals surface area contributed by atoms with Crippen LogP contribution in [-0.2, 0) is 0 Å². The maximum absolute atomic E-state index is 13.2. The number of halogens is 3. The Hall–Kier alpha value is -1.99. The number of amides is 1. The fourth-order valence-electron chi connectivity index (χ4n) is 1.61. The number of anilines is 1. The van der Waals surface area contributed by atoms with Crippen LogP contribution in [0.15, 0.2) is 40.9 Å². The van der Waals surface area contributed by atoms with Gasteiger partial charge in [0.1, 0.15) is 0 Å². The second kappa shape index (κ2) is 6.19. The minimum atomic E-state index is -0.974. The predicted molar refractivity (Wildman–Crippen MR) is 80.2 cm³/mol. The maximum atomic E-state index is 13.2. The topological polar surface area (TPSA) is 72.2 Å². The number of nitrogens with zero attached hydrogens (tertiary/aromatic N) is 1. The molecule has 0 atom stereocenters. The molecule has 0 fully saturated rings. The monoisotopic (exact) mass is 372 g/mol. The SMILES string of the molecule is O=C(Nc1ccc(F)c([N+](=O)[O-])c1)c1cccc(Br)c1Cl. The quantitative estimate of drug-likeness (QED) is 0.640. The molecule has 0 saturated carbocycles. The Balaban J connectivity index is 2.30. The molecule has 1 amide bonds. The standard InChI is InChI=1S/C13H7BrClFN2O3/c14-9-3-1-2-8(12(9)15)13(19)17-7-4-5-10(16)11(6-7)18(20)21/h1-6H,(H,17,19). The molecule has 0 radical (unpaired) electrons. The molecule has 5 nitrogen and oxygen atoms in total. The third-order valence-corrected chi connectivity index (χ3v) is 3.89. The van der Waals surface area contributed by atoms with Gasteiger partial charge < -0.3 is 5.32 Å². The third-order valence-electron chi connectivity index (χ3n) is 2.60. The van der Waals surface area contributed by atoms with Gasteiger partial charge in [0.2, 0.25) is 5.82 Å². The summed E-state index contributed by atoms with van der Waals surface area (Å²) >= 11 is 9.17. The van der Waals surface area contributed by atoms with E-state index in [4.69, 9.17) is 11.6 Å². The van der Waals surface area contributed by atoms with Crippen LogP contribution in [0.3, 0.4) is 0 Å². The van der Waals surface area contributed by atoms with Gasteiger partial charge in [-0.05, 0) is 40.2 Å². The van der Waals surface area contributed by atoms with E-state index in [1.54, 1.807) is 12.1 Å². The molecule has 0 aliphatic rings. The summed E-state index contributed by atoms with van der Waals surface area (Å²) < 4.78 is 13.8. The van der Waals surface area contributed by atoms with Crippen molar-refractivity contribution in [3.63, 3.8) is 0 Å². The average Bonchev–Trinajstić information content (AvgIpc) is 2.43. The zero-order chi connectivity index (χ0) is 15.6. The fourth-order valence-corrected chi connectivity index (χ4v) is 2.19. The molecule has 0 saturated heterocycles. The second-order valence-electron chi connectivity index (χ2n) is 3.98. The Bertz CT molecular complexity index is 739. The second-order valence-corrected chi connectivity index (χ2v) is 5.21. The van der Waals surface area contributed by atoms with Crippen molar-refractivity contribution in [1.82, 2.24) is 0 Å².